The Labute approximate surface area is 126 Å². The van der Waals surface area contributed by atoms with Crippen molar-refractivity contribution < 1.29 is 4.39 Å². The van der Waals surface area contributed by atoms with Gasteiger partial charge in [0.05, 0.1) is 0 Å². The van der Waals surface area contributed by atoms with Crippen molar-refractivity contribution in [2.75, 3.05) is 19.0 Å². The Morgan fingerprint density at radius 1 is 1.40 bits per heavy atom. The second kappa shape index (κ2) is 6.51. The van der Waals surface area contributed by atoms with E-state index in [1.165, 1.54) is 29.2 Å². The highest BCUT2D eigenvalue weighted by molar-refractivity contribution is 8.01. The molecule has 0 radical (unpaired) electrons. The van der Waals surface area contributed by atoms with E-state index in [-0.39, 0.29) is 11.9 Å². The van der Waals surface area contributed by atoms with Crippen LogP contribution in [0.2, 0.25) is 0 Å². The first kappa shape index (κ1) is 15.2. The molecule has 108 valence electrons. The van der Waals surface area contributed by atoms with Crippen LogP contribution < -0.4 is 10.6 Å². The summed E-state index contributed by atoms with van der Waals surface area (Å²) in [6.45, 7) is 1.87. The van der Waals surface area contributed by atoms with Crippen molar-refractivity contribution in [3.63, 3.8) is 0 Å². The van der Waals surface area contributed by atoms with Gasteiger partial charge in [0, 0.05) is 30.6 Å². The summed E-state index contributed by atoms with van der Waals surface area (Å²) in [5, 5.41) is 9.03. The minimum atomic E-state index is -0.218. The van der Waals surface area contributed by atoms with Crippen LogP contribution in [0.15, 0.2) is 27.4 Å². The second-order valence-corrected chi connectivity index (χ2v) is 6.99. The van der Waals surface area contributed by atoms with Crippen molar-refractivity contribution in [3.05, 3.63) is 29.6 Å². The Bertz CT molecular complexity index is 584. The predicted molar refractivity (Wildman–Crippen MR) is 82.1 cm³/mol. The van der Waals surface area contributed by atoms with Crippen LogP contribution in [0.3, 0.4) is 0 Å². The maximum atomic E-state index is 13.9. The van der Waals surface area contributed by atoms with Crippen LogP contribution in [0, 0.1) is 5.82 Å². The van der Waals surface area contributed by atoms with E-state index in [4.69, 9.17) is 5.73 Å². The number of anilines is 1. The molecule has 0 bridgehead atoms. The van der Waals surface area contributed by atoms with E-state index in [9.17, 15) is 4.39 Å². The molecule has 2 N–H and O–H groups in total. The smallest absolute Gasteiger partial charge is 0.208 e. The number of nitrogens with two attached hydrogens (primary N) is 1. The average Bonchev–Trinajstić information content (AvgIpc) is 2.82. The van der Waals surface area contributed by atoms with Crippen molar-refractivity contribution in [2.24, 2.45) is 5.73 Å². The van der Waals surface area contributed by atoms with E-state index in [2.05, 4.69) is 10.2 Å². The van der Waals surface area contributed by atoms with Gasteiger partial charge in [0.2, 0.25) is 5.13 Å². The highest BCUT2D eigenvalue weighted by atomic mass is 32.2. The lowest BCUT2D eigenvalue weighted by atomic mass is 10.1. The Hall–Kier alpha value is -1.18. The highest BCUT2D eigenvalue weighted by Gasteiger charge is 2.14. The molecule has 0 saturated carbocycles. The van der Waals surface area contributed by atoms with Crippen LogP contribution in [-0.4, -0.2) is 30.3 Å². The highest BCUT2D eigenvalue weighted by Crippen LogP contribution is 2.35. The summed E-state index contributed by atoms with van der Waals surface area (Å²) >= 11 is 2.91. The maximum Gasteiger partial charge on any atom is 0.208 e. The largest absolute Gasteiger partial charge is 0.353 e. The molecule has 4 nitrogen and oxygen atoms in total. The Balaban J connectivity index is 2.25. The van der Waals surface area contributed by atoms with Crippen molar-refractivity contribution in [3.8, 4) is 0 Å². The minimum Gasteiger partial charge on any atom is -0.353 e. The van der Waals surface area contributed by atoms with Crippen molar-refractivity contribution in [1.29, 1.82) is 0 Å². The van der Waals surface area contributed by atoms with Crippen molar-refractivity contribution in [2.45, 2.75) is 28.6 Å². The van der Waals surface area contributed by atoms with Gasteiger partial charge in [-0.05, 0) is 25.5 Å². The molecule has 0 aliphatic rings. The zero-order valence-corrected chi connectivity index (χ0v) is 13.3. The molecule has 0 saturated heterocycles. The first-order valence-electron chi connectivity index (χ1n) is 6.19. The van der Waals surface area contributed by atoms with Crippen LogP contribution in [0.5, 0.6) is 0 Å². The summed E-state index contributed by atoms with van der Waals surface area (Å²) < 4.78 is 14.7. The molecule has 0 spiro atoms. The van der Waals surface area contributed by atoms with Gasteiger partial charge in [0.15, 0.2) is 4.34 Å². The van der Waals surface area contributed by atoms with Gasteiger partial charge < -0.3 is 10.6 Å². The van der Waals surface area contributed by atoms with E-state index in [0.717, 1.165) is 14.4 Å². The predicted octanol–water partition coefficient (Wildman–Crippen LogP) is 2.78. The number of benzene rings is 1. The van der Waals surface area contributed by atoms with E-state index in [1.54, 1.807) is 6.07 Å². The van der Waals surface area contributed by atoms with Gasteiger partial charge >= 0.3 is 0 Å². The van der Waals surface area contributed by atoms with Gasteiger partial charge in [-0.2, -0.15) is 0 Å². The number of rotatable bonds is 5. The van der Waals surface area contributed by atoms with Crippen molar-refractivity contribution in [1.82, 2.24) is 10.2 Å². The molecule has 1 unspecified atom stereocenters. The summed E-state index contributed by atoms with van der Waals surface area (Å²) in [4.78, 5) is 2.75. The fourth-order valence-corrected chi connectivity index (χ4v) is 3.56. The number of hydrogen-bond acceptors (Lipinski definition) is 6. The number of halogens is 1. The first-order valence-corrected chi connectivity index (χ1v) is 7.82. The van der Waals surface area contributed by atoms with Gasteiger partial charge in [0.25, 0.3) is 0 Å². The third-order valence-corrected chi connectivity index (χ3v) is 4.82. The van der Waals surface area contributed by atoms with E-state index in [1.807, 2.05) is 32.0 Å². The molecular formula is C13H17FN4S2. The third kappa shape index (κ3) is 3.68. The average molecular weight is 312 g/mol. The minimum absolute atomic E-state index is 0.0852. The molecule has 2 aromatic rings. The van der Waals surface area contributed by atoms with E-state index in [0.29, 0.717) is 12.0 Å². The van der Waals surface area contributed by atoms with E-state index >= 15 is 0 Å². The van der Waals surface area contributed by atoms with Crippen LogP contribution >= 0.6 is 23.1 Å². The van der Waals surface area contributed by atoms with Crippen LogP contribution in [0.4, 0.5) is 9.52 Å². The number of aromatic nitrogens is 2. The maximum absolute atomic E-state index is 13.9. The Kier molecular flexibility index (Phi) is 4.95. The molecule has 1 aromatic carbocycles. The summed E-state index contributed by atoms with van der Waals surface area (Å²) in [7, 11) is 3.83. The first-order chi connectivity index (χ1) is 9.47. The molecule has 0 amide bonds. The molecule has 0 fully saturated rings. The van der Waals surface area contributed by atoms with Gasteiger partial charge in [-0.1, -0.05) is 29.2 Å². The summed E-state index contributed by atoms with van der Waals surface area (Å²) in [5.74, 6) is -0.218. The monoisotopic (exact) mass is 312 g/mol. The Morgan fingerprint density at radius 3 is 2.75 bits per heavy atom. The molecule has 0 aliphatic carbocycles. The lowest BCUT2D eigenvalue weighted by Crippen LogP contribution is -2.19. The number of nitrogens with zero attached hydrogens (tertiary/aromatic N) is 3. The molecule has 1 aromatic heterocycles. The van der Waals surface area contributed by atoms with Crippen LogP contribution in [0.25, 0.3) is 0 Å². The standard InChI is InChI=1S/C13H17FN4S2/c1-8(15)7-9-10(14)5-4-6-11(9)19-13-17-16-12(20-13)18(2)3/h4-6,8H,7,15H2,1-3H3. The Morgan fingerprint density at radius 2 is 2.15 bits per heavy atom. The second-order valence-electron chi connectivity index (χ2n) is 4.74. The molecule has 0 aliphatic heterocycles. The van der Waals surface area contributed by atoms with Crippen molar-refractivity contribution >= 4 is 28.2 Å². The summed E-state index contributed by atoms with van der Waals surface area (Å²) in [6, 6.07) is 4.98. The molecule has 1 atom stereocenters. The quantitative estimate of drug-likeness (QED) is 0.920. The molecule has 2 rings (SSSR count). The van der Waals surface area contributed by atoms with Crippen LogP contribution in [-0.2, 0) is 6.42 Å². The van der Waals surface area contributed by atoms with Crippen LogP contribution in [0.1, 0.15) is 12.5 Å². The molecular weight excluding hydrogens is 295 g/mol. The van der Waals surface area contributed by atoms with Gasteiger partial charge in [-0.25, -0.2) is 4.39 Å². The van der Waals surface area contributed by atoms with Gasteiger partial charge in [-0.3, -0.25) is 0 Å². The third-order valence-electron chi connectivity index (χ3n) is 2.58. The topological polar surface area (TPSA) is 55.0 Å². The lowest BCUT2D eigenvalue weighted by Gasteiger charge is -2.11. The SMILES string of the molecule is CC(N)Cc1c(F)cccc1Sc1nnc(N(C)C)s1. The summed E-state index contributed by atoms with van der Waals surface area (Å²) in [5.41, 5.74) is 6.44. The molecule has 7 heteroatoms. The lowest BCUT2D eigenvalue weighted by molar-refractivity contribution is 0.588. The fraction of sp³-hybridized carbons (Fsp3) is 0.385. The zero-order valence-electron chi connectivity index (χ0n) is 11.6. The van der Waals surface area contributed by atoms with E-state index < -0.39 is 0 Å². The number of hydrogen-bond donors (Lipinski definition) is 1. The van der Waals surface area contributed by atoms with Gasteiger partial charge in [0.1, 0.15) is 5.82 Å². The fourth-order valence-electron chi connectivity index (χ4n) is 1.67. The molecule has 20 heavy (non-hydrogen) atoms. The molecule has 1 heterocycles. The summed E-state index contributed by atoms with van der Waals surface area (Å²) in [6.07, 6.45) is 0.508. The zero-order chi connectivity index (χ0) is 14.7. The van der Waals surface area contributed by atoms with Gasteiger partial charge in [-0.15, -0.1) is 10.2 Å². The normalized spacial score (nSPS) is 12.4.